The molecule has 16 heavy (non-hydrogen) atoms. The first-order chi connectivity index (χ1) is 7.67. The molecule has 0 atom stereocenters. The molecule has 0 fully saturated rings. The van der Waals surface area contributed by atoms with Crippen molar-refractivity contribution in [2.75, 3.05) is 20.1 Å². The molecule has 86 valence electrons. The summed E-state index contributed by atoms with van der Waals surface area (Å²) in [6.07, 6.45) is 0. The van der Waals surface area contributed by atoms with Gasteiger partial charge in [0.1, 0.15) is 5.82 Å². The van der Waals surface area contributed by atoms with Crippen molar-refractivity contribution in [2.24, 2.45) is 5.73 Å². The van der Waals surface area contributed by atoms with Crippen molar-refractivity contribution in [3.63, 3.8) is 0 Å². The first-order valence-electron chi connectivity index (χ1n) is 5.33. The molecule has 0 aliphatic rings. The van der Waals surface area contributed by atoms with Gasteiger partial charge >= 0.3 is 0 Å². The van der Waals surface area contributed by atoms with E-state index in [1.54, 1.807) is 6.07 Å². The smallest absolute Gasteiger partial charge is 0.128 e. The second-order valence-electron chi connectivity index (χ2n) is 3.64. The van der Waals surface area contributed by atoms with Gasteiger partial charge in [0.15, 0.2) is 0 Å². The van der Waals surface area contributed by atoms with Crippen LogP contribution in [0.1, 0.15) is 18.1 Å². The Labute approximate surface area is 96.3 Å². The molecule has 0 spiro atoms. The minimum absolute atomic E-state index is 0.205. The fourth-order valence-electron chi connectivity index (χ4n) is 1.31. The van der Waals surface area contributed by atoms with E-state index in [1.165, 1.54) is 6.07 Å². The lowest BCUT2D eigenvalue weighted by atomic mass is 10.1. The molecule has 0 aromatic heterocycles. The first-order valence-corrected chi connectivity index (χ1v) is 5.33. The van der Waals surface area contributed by atoms with Gasteiger partial charge in [0.25, 0.3) is 0 Å². The normalized spacial score (nSPS) is 10.1. The summed E-state index contributed by atoms with van der Waals surface area (Å²) >= 11 is 0. The van der Waals surface area contributed by atoms with Crippen molar-refractivity contribution in [3.05, 3.63) is 35.1 Å². The SMILES string of the molecule is CCN(C)Cc1ccc(C#CCN)cc1F. The van der Waals surface area contributed by atoms with Crippen LogP contribution in [-0.2, 0) is 6.54 Å². The van der Waals surface area contributed by atoms with Crippen LogP contribution < -0.4 is 5.73 Å². The minimum Gasteiger partial charge on any atom is -0.320 e. The van der Waals surface area contributed by atoms with E-state index in [-0.39, 0.29) is 5.82 Å². The predicted molar refractivity (Wildman–Crippen MR) is 64.3 cm³/mol. The Balaban J connectivity index is 2.83. The van der Waals surface area contributed by atoms with Crippen LogP contribution >= 0.6 is 0 Å². The lowest BCUT2D eigenvalue weighted by molar-refractivity contribution is 0.339. The fourth-order valence-corrected chi connectivity index (χ4v) is 1.31. The molecule has 0 bridgehead atoms. The van der Waals surface area contributed by atoms with E-state index in [2.05, 4.69) is 11.8 Å². The van der Waals surface area contributed by atoms with Gasteiger partial charge in [-0.05, 0) is 25.7 Å². The topological polar surface area (TPSA) is 29.3 Å². The van der Waals surface area contributed by atoms with E-state index in [0.29, 0.717) is 24.2 Å². The molecule has 0 saturated carbocycles. The van der Waals surface area contributed by atoms with Gasteiger partial charge in [-0.25, -0.2) is 4.39 Å². The van der Waals surface area contributed by atoms with Crippen LogP contribution in [0.3, 0.4) is 0 Å². The standard InChI is InChI=1S/C13H17FN2/c1-3-16(2)10-12-7-6-11(5-4-8-15)9-13(12)14/h6-7,9H,3,8,10,15H2,1-2H3. The molecule has 0 amide bonds. The number of rotatable bonds is 3. The molecule has 1 rings (SSSR count). The van der Waals surface area contributed by atoms with Gasteiger partial charge in [-0.3, -0.25) is 0 Å². The molecular formula is C13H17FN2. The second kappa shape index (κ2) is 6.26. The zero-order valence-electron chi connectivity index (χ0n) is 9.76. The summed E-state index contributed by atoms with van der Waals surface area (Å²) in [5.74, 6) is 5.31. The summed E-state index contributed by atoms with van der Waals surface area (Å²) in [7, 11) is 1.96. The summed E-state index contributed by atoms with van der Waals surface area (Å²) < 4.78 is 13.6. The number of benzene rings is 1. The molecule has 2 N–H and O–H groups in total. The number of nitrogens with two attached hydrogens (primary N) is 1. The molecule has 1 aromatic carbocycles. The van der Waals surface area contributed by atoms with E-state index < -0.39 is 0 Å². The van der Waals surface area contributed by atoms with Crippen LogP contribution in [-0.4, -0.2) is 25.0 Å². The molecule has 0 aliphatic carbocycles. The highest BCUT2D eigenvalue weighted by atomic mass is 19.1. The third-order valence-corrected chi connectivity index (χ3v) is 2.37. The summed E-state index contributed by atoms with van der Waals surface area (Å²) in [6.45, 7) is 3.85. The van der Waals surface area contributed by atoms with Crippen LogP contribution in [0.2, 0.25) is 0 Å². The van der Waals surface area contributed by atoms with Gasteiger partial charge < -0.3 is 10.6 Å². The van der Waals surface area contributed by atoms with Gasteiger partial charge in [-0.15, -0.1) is 0 Å². The van der Waals surface area contributed by atoms with Crippen LogP contribution in [0.4, 0.5) is 4.39 Å². The summed E-state index contributed by atoms with van der Waals surface area (Å²) in [4.78, 5) is 2.05. The van der Waals surface area contributed by atoms with E-state index >= 15 is 0 Å². The van der Waals surface area contributed by atoms with Crippen molar-refractivity contribution in [3.8, 4) is 11.8 Å². The zero-order valence-corrected chi connectivity index (χ0v) is 9.76. The van der Waals surface area contributed by atoms with E-state index in [0.717, 1.165) is 6.54 Å². The maximum absolute atomic E-state index is 13.6. The van der Waals surface area contributed by atoms with E-state index in [4.69, 9.17) is 5.73 Å². The van der Waals surface area contributed by atoms with Gasteiger partial charge in [0.05, 0.1) is 6.54 Å². The number of nitrogens with zero attached hydrogens (tertiary/aromatic N) is 1. The lowest BCUT2D eigenvalue weighted by Gasteiger charge is -2.14. The molecule has 1 aromatic rings. The van der Waals surface area contributed by atoms with Crippen LogP contribution in [0, 0.1) is 17.7 Å². The zero-order chi connectivity index (χ0) is 12.0. The maximum atomic E-state index is 13.6. The Morgan fingerprint density at radius 3 is 2.75 bits per heavy atom. The second-order valence-corrected chi connectivity index (χ2v) is 3.64. The molecule has 0 radical (unpaired) electrons. The lowest BCUT2D eigenvalue weighted by Crippen LogP contribution is -2.17. The average Bonchev–Trinajstić information content (AvgIpc) is 2.29. The quantitative estimate of drug-likeness (QED) is 0.784. The van der Waals surface area contributed by atoms with E-state index in [1.807, 2.05) is 24.9 Å². The Hall–Kier alpha value is -1.37. The van der Waals surface area contributed by atoms with Gasteiger partial charge in [0.2, 0.25) is 0 Å². The van der Waals surface area contributed by atoms with Crippen molar-refractivity contribution < 1.29 is 4.39 Å². The number of hydrogen-bond acceptors (Lipinski definition) is 2. The van der Waals surface area contributed by atoms with Gasteiger partial charge in [-0.1, -0.05) is 24.8 Å². The van der Waals surface area contributed by atoms with Crippen LogP contribution in [0.15, 0.2) is 18.2 Å². The van der Waals surface area contributed by atoms with Crippen LogP contribution in [0.25, 0.3) is 0 Å². The highest BCUT2D eigenvalue weighted by Gasteiger charge is 2.04. The Morgan fingerprint density at radius 2 is 2.19 bits per heavy atom. The maximum Gasteiger partial charge on any atom is 0.128 e. The van der Waals surface area contributed by atoms with Gasteiger partial charge in [-0.2, -0.15) is 0 Å². The summed E-state index contributed by atoms with van der Waals surface area (Å²) in [5.41, 5.74) is 6.62. The molecule has 0 unspecified atom stereocenters. The van der Waals surface area contributed by atoms with Crippen molar-refractivity contribution in [2.45, 2.75) is 13.5 Å². The predicted octanol–water partition coefficient (Wildman–Crippen LogP) is 1.59. The monoisotopic (exact) mass is 220 g/mol. The minimum atomic E-state index is -0.205. The van der Waals surface area contributed by atoms with Crippen molar-refractivity contribution in [1.82, 2.24) is 4.90 Å². The Morgan fingerprint density at radius 1 is 1.44 bits per heavy atom. The third kappa shape index (κ3) is 3.65. The highest BCUT2D eigenvalue weighted by Crippen LogP contribution is 2.11. The largest absolute Gasteiger partial charge is 0.320 e. The molecular weight excluding hydrogens is 203 g/mol. The fraction of sp³-hybridized carbons (Fsp3) is 0.385. The van der Waals surface area contributed by atoms with Crippen molar-refractivity contribution in [1.29, 1.82) is 0 Å². The van der Waals surface area contributed by atoms with Crippen LogP contribution in [0.5, 0.6) is 0 Å². The molecule has 2 nitrogen and oxygen atoms in total. The summed E-state index contributed by atoms with van der Waals surface area (Å²) in [5, 5.41) is 0. The van der Waals surface area contributed by atoms with Crippen molar-refractivity contribution >= 4 is 0 Å². The molecule has 0 saturated heterocycles. The average molecular weight is 220 g/mol. The van der Waals surface area contributed by atoms with Gasteiger partial charge in [0, 0.05) is 17.7 Å². The highest BCUT2D eigenvalue weighted by molar-refractivity contribution is 5.37. The third-order valence-electron chi connectivity index (χ3n) is 2.37. The van der Waals surface area contributed by atoms with E-state index in [9.17, 15) is 4.39 Å². The number of halogens is 1. The molecule has 3 heteroatoms. The number of hydrogen-bond donors (Lipinski definition) is 1. The molecule has 0 heterocycles. The Bertz CT molecular complexity index is 404. The summed E-state index contributed by atoms with van der Waals surface area (Å²) in [6, 6.07) is 5.06. The molecule has 0 aliphatic heterocycles. The first kappa shape index (κ1) is 12.7. The Kier molecular flexibility index (Phi) is 4.97.